The van der Waals surface area contributed by atoms with Crippen molar-refractivity contribution in [2.24, 2.45) is 0 Å². The summed E-state index contributed by atoms with van der Waals surface area (Å²) < 4.78 is 18.7. The highest BCUT2D eigenvalue weighted by atomic mass is 19.1. The number of pyridine rings is 1. The van der Waals surface area contributed by atoms with E-state index in [0.29, 0.717) is 18.0 Å². The number of nitrogens with zero attached hydrogens (tertiary/aromatic N) is 1. The van der Waals surface area contributed by atoms with Crippen LogP contribution in [0.3, 0.4) is 0 Å². The Hall–Kier alpha value is -2.63. The van der Waals surface area contributed by atoms with Crippen LogP contribution in [0.2, 0.25) is 0 Å². The number of halogens is 1. The average molecular weight is 275 g/mol. The van der Waals surface area contributed by atoms with Gasteiger partial charge in [-0.25, -0.2) is 9.18 Å². The first-order valence-corrected chi connectivity index (χ1v) is 6.10. The molecule has 2 amide bonds. The van der Waals surface area contributed by atoms with E-state index in [1.54, 1.807) is 24.3 Å². The fourth-order valence-corrected chi connectivity index (χ4v) is 1.60. The minimum atomic E-state index is -0.597. The van der Waals surface area contributed by atoms with Crippen LogP contribution in [0.5, 0.6) is 5.75 Å². The van der Waals surface area contributed by atoms with Crippen LogP contribution in [-0.2, 0) is 0 Å². The van der Waals surface area contributed by atoms with Crippen LogP contribution in [0.4, 0.5) is 20.6 Å². The molecule has 1 heterocycles. The molecule has 0 aliphatic heterocycles. The van der Waals surface area contributed by atoms with Crippen molar-refractivity contribution in [1.29, 1.82) is 0 Å². The number of hydrogen-bond donors (Lipinski definition) is 2. The van der Waals surface area contributed by atoms with Gasteiger partial charge in [0.15, 0.2) is 5.82 Å². The van der Waals surface area contributed by atoms with Crippen molar-refractivity contribution >= 4 is 17.4 Å². The summed E-state index contributed by atoms with van der Waals surface area (Å²) in [5, 5.41) is 5.02. The van der Waals surface area contributed by atoms with E-state index in [1.807, 2.05) is 6.92 Å². The molecule has 104 valence electrons. The highest BCUT2D eigenvalue weighted by molar-refractivity contribution is 6.00. The van der Waals surface area contributed by atoms with Gasteiger partial charge in [0, 0.05) is 6.20 Å². The molecule has 0 spiro atoms. The quantitative estimate of drug-likeness (QED) is 0.900. The predicted octanol–water partition coefficient (Wildman–Crippen LogP) is 3.26. The molecule has 0 fully saturated rings. The Morgan fingerprint density at radius 3 is 2.75 bits per heavy atom. The van der Waals surface area contributed by atoms with Gasteiger partial charge in [0.25, 0.3) is 0 Å². The molecule has 2 N–H and O–H groups in total. The molecule has 5 nitrogen and oxygen atoms in total. The molecular formula is C14H14FN3O2. The lowest BCUT2D eigenvalue weighted by atomic mass is 10.3. The van der Waals surface area contributed by atoms with Crippen molar-refractivity contribution in [3.8, 4) is 5.75 Å². The summed E-state index contributed by atoms with van der Waals surface area (Å²) in [7, 11) is 0. The zero-order valence-electron chi connectivity index (χ0n) is 10.9. The summed E-state index contributed by atoms with van der Waals surface area (Å²) in [6.07, 6.45) is 2.43. The Kier molecular flexibility index (Phi) is 4.49. The summed E-state index contributed by atoms with van der Waals surface area (Å²) in [5.41, 5.74) is 0.577. The number of nitrogens with one attached hydrogen (secondary N) is 2. The first-order chi connectivity index (χ1) is 9.70. The third kappa shape index (κ3) is 3.44. The third-order valence-electron chi connectivity index (χ3n) is 2.46. The molecule has 0 unspecified atom stereocenters. The molecule has 0 saturated carbocycles. The number of para-hydroxylation sites is 2. The second-order valence-corrected chi connectivity index (χ2v) is 3.86. The summed E-state index contributed by atoms with van der Waals surface area (Å²) in [6.45, 7) is 2.34. The van der Waals surface area contributed by atoms with Crippen LogP contribution in [0.25, 0.3) is 0 Å². The first-order valence-electron chi connectivity index (χ1n) is 6.10. The molecule has 20 heavy (non-hydrogen) atoms. The Morgan fingerprint density at radius 1 is 1.25 bits per heavy atom. The minimum Gasteiger partial charge on any atom is -0.492 e. The van der Waals surface area contributed by atoms with Gasteiger partial charge in [-0.15, -0.1) is 0 Å². The maximum Gasteiger partial charge on any atom is 0.323 e. The van der Waals surface area contributed by atoms with E-state index in [9.17, 15) is 9.18 Å². The van der Waals surface area contributed by atoms with Gasteiger partial charge in [0.1, 0.15) is 5.75 Å². The molecule has 0 radical (unpaired) electrons. The number of aromatic nitrogens is 1. The Bertz CT molecular complexity index is 604. The standard InChI is InChI=1S/C14H14FN3O2/c1-2-20-13-6-4-3-5-12(13)18-14(19)17-11-7-8-16-9-10(11)15/h3-9H,2H2,1H3,(H2,16,17,18,19). The molecule has 6 heteroatoms. The van der Waals surface area contributed by atoms with E-state index in [-0.39, 0.29) is 5.69 Å². The highest BCUT2D eigenvalue weighted by Crippen LogP contribution is 2.24. The van der Waals surface area contributed by atoms with Crippen molar-refractivity contribution in [3.63, 3.8) is 0 Å². The van der Waals surface area contributed by atoms with E-state index < -0.39 is 11.8 Å². The van der Waals surface area contributed by atoms with Gasteiger partial charge in [0.05, 0.1) is 24.2 Å². The van der Waals surface area contributed by atoms with Gasteiger partial charge < -0.3 is 15.4 Å². The molecule has 0 bridgehead atoms. The number of hydrogen-bond acceptors (Lipinski definition) is 3. The lowest BCUT2D eigenvalue weighted by Crippen LogP contribution is -2.20. The Morgan fingerprint density at radius 2 is 2.00 bits per heavy atom. The van der Waals surface area contributed by atoms with Crippen LogP contribution >= 0.6 is 0 Å². The number of carbonyl (C=O) groups is 1. The van der Waals surface area contributed by atoms with E-state index >= 15 is 0 Å². The fraction of sp³-hybridized carbons (Fsp3) is 0.143. The molecular weight excluding hydrogens is 261 g/mol. The van der Waals surface area contributed by atoms with Crippen molar-refractivity contribution < 1.29 is 13.9 Å². The van der Waals surface area contributed by atoms with Gasteiger partial charge in [-0.05, 0) is 25.1 Å². The second-order valence-electron chi connectivity index (χ2n) is 3.86. The van der Waals surface area contributed by atoms with E-state index in [0.717, 1.165) is 6.20 Å². The number of benzene rings is 1. The van der Waals surface area contributed by atoms with Crippen molar-refractivity contribution in [3.05, 3.63) is 48.5 Å². The van der Waals surface area contributed by atoms with Crippen LogP contribution < -0.4 is 15.4 Å². The minimum absolute atomic E-state index is 0.0615. The molecule has 0 aliphatic carbocycles. The number of carbonyl (C=O) groups excluding carboxylic acids is 1. The number of anilines is 2. The maximum absolute atomic E-state index is 13.4. The molecule has 1 aromatic carbocycles. The molecule has 1 aromatic heterocycles. The normalized spacial score (nSPS) is 9.90. The van der Waals surface area contributed by atoms with E-state index in [4.69, 9.17) is 4.74 Å². The summed E-state index contributed by atoms with van der Waals surface area (Å²) in [5.74, 6) is -0.0407. The third-order valence-corrected chi connectivity index (χ3v) is 2.46. The van der Waals surface area contributed by atoms with Crippen molar-refractivity contribution in [2.75, 3.05) is 17.2 Å². The van der Waals surface area contributed by atoms with Crippen molar-refractivity contribution in [2.45, 2.75) is 6.92 Å². The molecule has 2 aromatic rings. The first kappa shape index (κ1) is 13.8. The monoisotopic (exact) mass is 275 g/mol. The van der Waals surface area contributed by atoms with Gasteiger partial charge in [-0.2, -0.15) is 0 Å². The number of urea groups is 1. The number of amides is 2. The van der Waals surface area contributed by atoms with Gasteiger partial charge in [-0.3, -0.25) is 4.98 Å². The largest absolute Gasteiger partial charge is 0.492 e. The second kappa shape index (κ2) is 6.51. The van der Waals surface area contributed by atoms with Gasteiger partial charge >= 0.3 is 6.03 Å². The lowest BCUT2D eigenvalue weighted by Gasteiger charge is -2.12. The van der Waals surface area contributed by atoms with E-state index in [2.05, 4.69) is 15.6 Å². The van der Waals surface area contributed by atoms with E-state index in [1.165, 1.54) is 12.3 Å². The lowest BCUT2D eigenvalue weighted by molar-refractivity contribution is 0.261. The molecule has 0 atom stereocenters. The molecule has 2 rings (SSSR count). The predicted molar refractivity (Wildman–Crippen MR) is 74.4 cm³/mol. The maximum atomic E-state index is 13.4. The zero-order chi connectivity index (χ0) is 14.4. The smallest absolute Gasteiger partial charge is 0.323 e. The van der Waals surface area contributed by atoms with Crippen LogP contribution in [-0.4, -0.2) is 17.6 Å². The topological polar surface area (TPSA) is 63.2 Å². The highest BCUT2D eigenvalue weighted by Gasteiger charge is 2.09. The number of ether oxygens (including phenoxy) is 1. The molecule has 0 aliphatic rings. The van der Waals surface area contributed by atoms with Gasteiger partial charge in [-0.1, -0.05) is 12.1 Å². The fourth-order valence-electron chi connectivity index (χ4n) is 1.60. The Balaban J connectivity index is 2.07. The van der Waals surface area contributed by atoms with Crippen LogP contribution in [0.1, 0.15) is 6.92 Å². The summed E-state index contributed by atoms with van der Waals surface area (Å²) in [4.78, 5) is 15.4. The SMILES string of the molecule is CCOc1ccccc1NC(=O)Nc1ccncc1F. The van der Waals surface area contributed by atoms with Gasteiger partial charge in [0.2, 0.25) is 0 Å². The van der Waals surface area contributed by atoms with Crippen molar-refractivity contribution in [1.82, 2.24) is 4.98 Å². The average Bonchev–Trinajstić information content (AvgIpc) is 2.44. The molecule has 0 saturated heterocycles. The zero-order valence-corrected chi connectivity index (χ0v) is 10.9. The number of rotatable bonds is 4. The summed E-state index contributed by atoms with van der Waals surface area (Å²) in [6, 6.07) is 7.84. The Labute approximate surface area is 115 Å². The van der Waals surface area contributed by atoms with Crippen LogP contribution in [0, 0.1) is 5.82 Å². The summed E-state index contributed by atoms with van der Waals surface area (Å²) >= 11 is 0. The van der Waals surface area contributed by atoms with Crippen LogP contribution in [0.15, 0.2) is 42.7 Å².